The standard InChI is InChI=1S/C12H22N4O/c1-7(2)6-17-12-10(13)11(14-8(3)4)15-9(5)16-12/h7-8H,6,13H2,1-5H3,(H,14,15,16). The molecule has 0 spiro atoms. The van der Waals surface area contributed by atoms with E-state index in [4.69, 9.17) is 10.5 Å². The molecule has 0 radical (unpaired) electrons. The van der Waals surface area contributed by atoms with Crippen molar-refractivity contribution in [3.05, 3.63) is 5.82 Å². The highest BCUT2D eigenvalue weighted by Crippen LogP contribution is 2.26. The summed E-state index contributed by atoms with van der Waals surface area (Å²) in [7, 11) is 0. The van der Waals surface area contributed by atoms with Crippen molar-refractivity contribution in [2.75, 3.05) is 17.7 Å². The van der Waals surface area contributed by atoms with Crippen LogP contribution in [0.5, 0.6) is 5.88 Å². The van der Waals surface area contributed by atoms with Crippen LogP contribution in [0.1, 0.15) is 33.5 Å². The zero-order valence-electron chi connectivity index (χ0n) is 11.2. The Morgan fingerprint density at radius 3 is 2.41 bits per heavy atom. The van der Waals surface area contributed by atoms with Crippen LogP contribution in [0, 0.1) is 12.8 Å². The third-order valence-corrected chi connectivity index (χ3v) is 2.00. The van der Waals surface area contributed by atoms with Crippen molar-refractivity contribution < 1.29 is 4.74 Å². The molecule has 1 aromatic heterocycles. The van der Waals surface area contributed by atoms with Gasteiger partial charge in [0.25, 0.3) is 0 Å². The third-order valence-electron chi connectivity index (χ3n) is 2.00. The molecule has 5 heteroatoms. The van der Waals surface area contributed by atoms with Gasteiger partial charge in [0.1, 0.15) is 11.5 Å². The van der Waals surface area contributed by atoms with Gasteiger partial charge in [-0.15, -0.1) is 0 Å². The lowest BCUT2D eigenvalue weighted by Crippen LogP contribution is -2.16. The number of rotatable bonds is 5. The first-order valence-electron chi connectivity index (χ1n) is 5.93. The summed E-state index contributed by atoms with van der Waals surface area (Å²) >= 11 is 0. The minimum Gasteiger partial charge on any atom is -0.476 e. The van der Waals surface area contributed by atoms with Gasteiger partial charge < -0.3 is 15.8 Å². The van der Waals surface area contributed by atoms with Gasteiger partial charge in [-0.3, -0.25) is 0 Å². The molecular formula is C12H22N4O. The summed E-state index contributed by atoms with van der Waals surface area (Å²) in [5.74, 6) is 2.20. The van der Waals surface area contributed by atoms with Crippen molar-refractivity contribution in [2.45, 2.75) is 40.7 Å². The largest absolute Gasteiger partial charge is 0.476 e. The lowest BCUT2D eigenvalue weighted by molar-refractivity contribution is 0.262. The Morgan fingerprint density at radius 1 is 1.24 bits per heavy atom. The van der Waals surface area contributed by atoms with Crippen molar-refractivity contribution in [2.24, 2.45) is 5.92 Å². The lowest BCUT2D eigenvalue weighted by atomic mass is 10.2. The molecular weight excluding hydrogens is 216 g/mol. The van der Waals surface area contributed by atoms with Gasteiger partial charge in [0.05, 0.1) is 6.61 Å². The van der Waals surface area contributed by atoms with E-state index in [1.807, 2.05) is 20.8 Å². The van der Waals surface area contributed by atoms with E-state index in [1.165, 1.54) is 0 Å². The van der Waals surface area contributed by atoms with Gasteiger partial charge in [0, 0.05) is 6.04 Å². The fourth-order valence-electron chi connectivity index (χ4n) is 1.29. The zero-order valence-corrected chi connectivity index (χ0v) is 11.2. The average molecular weight is 238 g/mol. The first-order valence-corrected chi connectivity index (χ1v) is 5.93. The van der Waals surface area contributed by atoms with Crippen LogP contribution in [0.15, 0.2) is 0 Å². The second-order valence-electron chi connectivity index (χ2n) is 4.84. The molecule has 17 heavy (non-hydrogen) atoms. The monoisotopic (exact) mass is 238 g/mol. The number of aromatic nitrogens is 2. The van der Waals surface area contributed by atoms with Crippen molar-refractivity contribution in [3.63, 3.8) is 0 Å². The van der Waals surface area contributed by atoms with Crippen LogP contribution in [0.4, 0.5) is 11.5 Å². The number of nitrogen functional groups attached to an aromatic ring is 1. The molecule has 0 bridgehead atoms. The molecule has 0 aromatic carbocycles. The van der Waals surface area contributed by atoms with Crippen LogP contribution < -0.4 is 15.8 Å². The minimum atomic E-state index is 0.268. The maximum absolute atomic E-state index is 5.97. The summed E-state index contributed by atoms with van der Waals surface area (Å²) < 4.78 is 5.59. The van der Waals surface area contributed by atoms with E-state index >= 15 is 0 Å². The first kappa shape index (κ1) is 13.5. The van der Waals surface area contributed by atoms with E-state index in [1.54, 1.807) is 0 Å². The molecule has 0 unspecified atom stereocenters. The van der Waals surface area contributed by atoms with Crippen LogP contribution in [0.25, 0.3) is 0 Å². The Kier molecular flexibility index (Phi) is 4.54. The van der Waals surface area contributed by atoms with E-state index in [9.17, 15) is 0 Å². The maximum atomic E-state index is 5.97. The fraction of sp³-hybridized carbons (Fsp3) is 0.667. The highest BCUT2D eigenvalue weighted by molar-refractivity contribution is 5.67. The summed E-state index contributed by atoms with van der Waals surface area (Å²) in [6.45, 7) is 10.7. The van der Waals surface area contributed by atoms with Gasteiger partial charge in [0.15, 0.2) is 5.82 Å². The predicted molar refractivity (Wildman–Crippen MR) is 70.3 cm³/mol. The molecule has 0 aliphatic rings. The molecule has 3 N–H and O–H groups in total. The smallest absolute Gasteiger partial charge is 0.242 e. The summed E-state index contributed by atoms with van der Waals surface area (Å²) in [6.07, 6.45) is 0. The number of nitrogens with two attached hydrogens (primary N) is 1. The molecule has 5 nitrogen and oxygen atoms in total. The predicted octanol–water partition coefficient (Wildman–Crippen LogP) is 2.22. The van der Waals surface area contributed by atoms with Gasteiger partial charge in [-0.1, -0.05) is 13.8 Å². The highest BCUT2D eigenvalue weighted by atomic mass is 16.5. The third kappa shape index (κ3) is 4.09. The number of anilines is 2. The average Bonchev–Trinajstić information content (AvgIpc) is 2.19. The lowest BCUT2D eigenvalue weighted by Gasteiger charge is -2.15. The number of nitrogens with zero attached hydrogens (tertiary/aromatic N) is 2. The van der Waals surface area contributed by atoms with E-state index in [2.05, 4.69) is 29.1 Å². The minimum absolute atomic E-state index is 0.268. The summed E-state index contributed by atoms with van der Waals surface area (Å²) in [6, 6.07) is 0.268. The van der Waals surface area contributed by atoms with Gasteiger partial charge in [-0.25, -0.2) is 4.98 Å². The van der Waals surface area contributed by atoms with E-state index < -0.39 is 0 Å². The molecule has 0 aliphatic heterocycles. The normalized spacial score (nSPS) is 11.0. The Balaban J connectivity index is 2.93. The number of aryl methyl sites for hydroxylation is 1. The second-order valence-corrected chi connectivity index (χ2v) is 4.84. The molecule has 1 aromatic rings. The van der Waals surface area contributed by atoms with Crippen LogP contribution in [-0.4, -0.2) is 22.6 Å². The number of nitrogens with one attached hydrogen (secondary N) is 1. The first-order chi connectivity index (χ1) is 7.90. The molecule has 0 saturated carbocycles. The van der Waals surface area contributed by atoms with Crippen LogP contribution in [-0.2, 0) is 0 Å². The fourth-order valence-corrected chi connectivity index (χ4v) is 1.29. The van der Waals surface area contributed by atoms with Crippen molar-refractivity contribution in [3.8, 4) is 5.88 Å². The second kappa shape index (κ2) is 5.70. The number of ether oxygens (including phenoxy) is 1. The van der Waals surface area contributed by atoms with Crippen LogP contribution in [0.2, 0.25) is 0 Å². The quantitative estimate of drug-likeness (QED) is 0.823. The molecule has 0 fully saturated rings. The SMILES string of the molecule is Cc1nc(NC(C)C)c(N)c(OCC(C)C)n1. The molecule has 1 rings (SSSR count). The van der Waals surface area contributed by atoms with Crippen LogP contribution in [0.3, 0.4) is 0 Å². The Hall–Kier alpha value is -1.52. The molecule has 0 amide bonds. The topological polar surface area (TPSA) is 73.1 Å². The highest BCUT2D eigenvalue weighted by Gasteiger charge is 2.12. The van der Waals surface area contributed by atoms with Gasteiger partial charge in [-0.2, -0.15) is 4.98 Å². The summed E-state index contributed by atoms with van der Waals surface area (Å²) in [4.78, 5) is 8.49. The van der Waals surface area contributed by atoms with Crippen molar-refractivity contribution >= 4 is 11.5 Å². The Morgan fingerprint density at radius 2 is 1.88 bits per heavy atom. The van der Waals surface area contributed by atoms with Gasteiger partial charge in [-0.05, 0) is 26.7 Å². The maximum Gasteiger partial charge on any atom is 0.242 e. The van der Waals surface area contributed by atoms with E-state index in [0.29, 0.717) is 35.7 Å². The van der Waals surface area contributed by atoms with Crippen molar-refractivity contribution in [1.82, 2.24) is 9.97 Å². The van der Waals surface area contributed by atoms with E-state index in [-0.39, 0.29) is 6.04 Å². The molecule has 0 saturated heterocycles. The summed E-state index contributed by atoms with van der Waals surface area (Å²) in [5.41, 5.74) is 6.45. The summed E-state index contributed by atoms with van der Waals surface area (Å²) in [5, 5.41) is 3.19. The molecule has 96 valence electrons. The van der Waals surface area contributed by atoms with Crippen LogP contribution >= 0.6 is 0 Å². The molecule has 0 aliphatic carbocycles. The van der Waals surface area contributed by atoms with Gasteiger partial charge in [0.2, 0.25) is 5.88 Å². The molecule has 0 atom stereocenters. The zero-order chi connectivity index (χ0) is 13.0. The molecule has 1 heterocycles. The van der Waals surface area contributed by atoms with E-state index in [0.717, 1.165) is 0 Å². The number of hydrogen-bond acceptors (Lipinski definition) is 5. The Bertz CT molecular complexity index is 377. The number of hydrogen-bond donors (Lipinski definition) is 2. The van der Waals surface area contributed by atoms with Crippen molar-refractivity contribution in [1.29, 1.82) is 0 Å². The Labute approximate surface area is 103 Å². The van der Waals surface area contributed by atoms with Gasteiger partial charge >= 0.3 is 0 Å².